The van der Waals surface area contributed by atoms with Gasteiger partial charge in [0.2, 0.25) is 5.91 Å². The van der Waals surface area contributed by atoms with E-state index in [1.54, 1.807) is 0 Å². The monoisotopic (exact) mass is 441 g/mol. The first-order chi connectivity index (χ1) is 15.1. The lowest BCUT2D eigenvalue weighted by molar-refractivity contribution is -0.597. The maximum atomic E-state index is 11.7. The van der Waals surface area contributed by atoms with Crippen molar-refractivity contribution in [2.75, 3.05) is 33.7 Å². The number of hydrogen-bond acceptors (Lipinski definition) is 4. The van der Waals surface area contributed by atoms with Crippen LogP contribution in [0.25, 0.3) is 0 Å². The first-order valence-corrected chi connectivity index (χ1v) is 12.6. The zero-order valence-electron chi connectivity index (χ0n) is 20.7. The number of amides is 1. The van der Waals surface area contributed by atoms with Gasteiger partial charge in [0.15, 0.2) is 0 Å². The molecule has 0 fully saturated rings. The van der Waals surface area contributed by atoms with E-state index in [0.29, 0.717) is 19.5 Å². The summed E-state index contributed by atoms with van der Waals surface area (Å²) < 4.78 is 0. The molecule has 4 N–H and O–H groups in total. The third-order valence-corrected chi connectivity index (χ3v) is 4.79. The molecule has 0 saturated heterocycles. The highest BCUT2D eigenvalue weighted by molar-refractivity contribution is 5.75. The van der Waals surface area contributed by atoms with Gasteiger partial charge in [-0.05, 0) is 45.1 Å². The first kappa shape index (κ1) is 31.8. The van der Waals surface area contributed by atoms with Crippen molar-refractivity contribution < 1.29 is 20.0 Å². The van der Waals surface area contributed by atoms with E-state index in [2.05, 4.69) is 29.7 Å². The van der Waals surface area contributed by atoms with Crippen molar-refractivity contribution >= 4 is 11.9 Å². The molecule has 184 valence electrons. The van der Waals surface area contributed by atoms with E-state index in [1.807, 2.05) is 19.4 Å². The van der Waals surface area contributed by atoms with Crippen LogP contribution < -0.4 is 21.1 Å². The van der Waals surface area contributed by atoms with Crippen molar-refractivity contribution in [3.63, 3.8) is 0 Å². The number of aliphatic carboxylic acids is 1. The second-order valence-corrected chi connectivity index (χ2v) is 8.16. The average molecular weight is 442 g/mol. The van der Waals surface area contributed by atoms with E-state index in [4.69, 9.17) is 0 Å². The van der Waals surface area contributed by atoms with Gasteiger partial charge in [-0.1, -0.05) is 70.4 Å². The van der Waals surface area contributed by atoms with Gasteiger partial charge in [-0.3, -0.25) is 4.79 Å². The highest BCUT2D eigenvalue weighted by Crippen LogP contribution is 2.09. The maximum absolute atomic E-state index is 11.7. The summed E-state index contributed by atoms with van der Waals surface area (Å²) in [5.74, 6) is -1.01. The SMILES string of the molecule is CCCCCCCC/C=C\CCCCCCCC(=O)NCCCNCC(=O)[O-].C[NH2+]C. The van der Waals surface area contributed by atoms with E-state index in [-0.39, 0.29) is 12.5 Å². The molecule has 0 unspecified atom stereocenters. The van der Waals surface area contributed by atoms with Crippen molar-refractivity contribution in [1.82, 2.24) is 10.6 Å². The lowest BCUT2D eigenvalue weighted by Crippen LogP contribution is -2.74. The molecule has 31 heavy (non-hydrogen) atoms. The van der Waals surface area contributed by atoms with Crippen LogP contribution in [-0.4, -0.2) is 45.6 Å². The Morgan fingerprint density at radius 3 is 1.84 bits per heavy atom. The second kappa shape index (κ2) is 28.6. The molecular formula is C25H51N3O3. The number of carboxylic acids is 1. The van der Waals surface area contributed by atoms with E-state index < -0.39 is 5.97 Å². The van der Waals surface area contributed by atoms with Crippen LogP contribution in [0.1, 0.15) is 103 Å². The van der Waals surface area contributed by atoms with Crippen LogP contribution in [0.2, 0.25) is 0 Å². The highest BCUT2D eigenvalue weighted by Gasteiger charge is 2.00. The fourth-order valence-electron chi connectivity index (χ4n) is 3.08. The number of carboxylic acid groups (broad SMARTS) is 1. The van der Waals surface area contributed by atoms with Crippen LogP contribution in [0.15, 0.2) is 12.2 Å². The molecule has 6 heteroatoms. The molecule has 0 aromatic heterocycles. The molecule has 0 aromatic carbocycles. The van der Waals surface area contributed by atoms with E-state index in [1.165, 1.54) is 70.6 Å². The second-order valence-electron chi connectivity index (χ2n) is 8.16. The topological polar surface area (TPSA) is 97.9 Å². The van der Waals surface area contributed by atoms with Crippen LogP contribution in [0.3, 0.4) is 0 Å². The maximum Gasteiger partial charge on any atom is 0.219 e. The quantitative estimate of drug-likeness (QED) is 0.188. The summed E-state index contributed by atoms with van der Waals surface area (Å²) in [6, 6.07) is 0. The van der Waals surface area contributed by atoms with Crippen molar-refractivity contribution in [2.45, 2.75) is 103 Å². The van der Waals surface area contributed by atoms with Gasteiger partial charge in [-0.15, -0.1) is 0 Å². The Balaban J connectivity index is 0. The summed E-state index contributed by atoms with van der Waals surface area (Å²) in [5, 5.41) is 17.8. The standard InChI is InChI=1S/C23H44N2O3.C2H7N/c1-2-3-4-5-6-7-8-9-10-11-12-13-14-15-16-18-22(26)25-20-17-19-24-21-23(27)28;1-3-2/h9-10,24H,2-8,11-21H2,1H3,(H,25,26)(H,27,28);3H,1-2H3/b10-9-;. The minimum Gasteiger partial charge on any atom is -0.549 e. The normalized spacial score (nSPS) is 10.7. The number of rotatable bonds is 21. The fourth-order valence-corrected chi connectivity index (χ4v) is 3.08. The molecule has 0 aliphatic carbocycles. The summed E-state index contributed by atoms with van der Waals surface area (Å²) >= 11 is 0. The average Bonchev–Trinajstić information content (AvgIpc) is 2.73. The Morgan fingerprint density at radius 2 is 1.29 bits per heavy atom. The molecule has 6 nitrogen and oxygen atoms in total. The van der Waals surface area contributed by atoms with Gasteiger partial charge in [-0.25, -0.2) is 0 Å². The number of allylic oxidation sites excluding steroid dienone is 2. The fraction of sp³-hybridized carbons (Fsp3) is 0.840. The predicted molar refractivity (Wildman–Crippen MR) is 129 cm³/mol. The van der Waals surface area contributed by atoms with E-state index in [9.17, 15) is 14.7 Å². The van der Waals surface area contributed by atoms with Crippen molar-refractivity contribution in [1.29, 1.82) is 0 Å². The molecular weight excluding hydrogens is 390 g/mol. The highest BCUT2D eigenvalue weighted by atomic mass is 16.4. The van der Waals surface area contributed by atoms with Crippen molar-refractivity contribution in [3.05, 3.63) is 12.2 Å². The van der Waals surface area contributed by atoms with Gasteiger partial charge < -0.3 is 25.9 Å². The third-order valence-electron chi connectivity index (χ3n) is 4.79. The molecule has 1 amide bonds. The van der Waals surface area contributed by atoms with Crippen LogP contribution in [0.5, 0.6) is 0 Å². The third kappa shape index (κ3) is 33.4. The van der Waals surface area contributed by atoms with Crippen LogP contribution in [0.4, 0.5) is 0 Å². The molecule has 0 heterocycles. The number of nitrogens with one attached hydrogen (secondary N) is 2. The summed E-state index contributed by atoms with van der Waals surface area (Å²) in [6.07, 6.45) is 22.4. The van der Waals surface area contributed by atoms with Crippen molar-refractivity contribution in [2.24, 2.45) is 0 Å². The minimum absolute atomic E-state index is 0.0949. The number of carbonyl (C=O) groups excluding carboxylic acids is 2. The van der Waals surface area contributed by atoms with Crippen LogP contribution in [0, 0.1) is 0 Å². The predicted octanol–water partition coefficient (Wildman–Crippen LogP) is 2.68. The summed E-state index contributed by atoms with van der Waals surface area (Å²) in [5.41, 5.74) is 0. The molecule has 0 saturated carbocycles. The molecule has 0 aliphatic rings. The van der Waals surface area contributed by atoms with E-state index in [0.717, 1.165) is 19.3 Å². The first-order valence-electron chi connectivity index (χ1n) is 12.6. The Kier molecular flexibility index (Phi) is 29.3. The number of hydrogen-bond donors (Lipinski definition) is 3. The smallest absolute Gasteiger partial charge is 0.219 e. The summed E-state index contributed by atoms with van der Waals surface area (Å²) in [6.45, 7) is 3.28. The van der Waals surface area contributed by atoms with Gasteiger partial charge >= 0.3 is 0 Å². The summed E-state index contributed by atoms with van der Waals surface area (Å²) in [4.78, 5) is 21.9. The Bertz CT molecular complexity index is 415. The lowest BCUT2D eigenvalue weighted by Gasteiger charge is -2.07. The summed E-state index contributed by atoms with van der Waals surface area (Å²) in [7, 11) is 4.00. The number of unbranched alkanes of at least 4 members (excludes halogenated alkanes) is 11. The molecule has 0 atom stereocenters. The number of nitrogens with two attached hydrogens (primary N) is 1. The number of quaternary nitrogens is 1. The molecule has 0 bridgehead atoms. The van der Waals surface area contributed by atoms with Gasteiger partial charge in [0.1, 0.15) is 0 Å². The largest absolute Gasteiger partial charge is 0.549 e. The zero-order valence-corrected chi connectivity index (χ0v) is 20.7. The molecule has 0 radical (unpaired) electrons. The van der Waals surface area contributed by atoms with Crippen molar-refractivity contribution in [3.8, 4) is 0 Å². The van der Waals surface area contributed by atoms with Gasteiger partial charge in [0.05, 0.1) is 20.1 Å². The zero-order chi connectivity index (χ0) is 23.4. The Labute approximate surface area is 192 Å². The minimum atomic E-state index is -1.10. The molecule has 0 spiro atoms. The molecule has 0 aliphatic heterocycles. The van der Waals surface area contributed by atoms with Crippen LogP contribution >= 0.6 is 0 Å². The van der Waals surface area contributed by atoms with E-state index >= 15 is 0 Å². The Morgan fingerprint density at radius 1 is 0.774 bits per heavy atom. The Hall–Kier alpha value is -1.40. The number of carbonyl (C=O) groups is 2. The molecule has 0 aromatic rings. The molecule has 0 rings (SSSR count). The lowest BCUT2D eigenvalue weighted by atomic mass is 10.1. The van der Waals surface area contributed by atoms with Gasteiger partial charge in [0.25, 0.3) is 0 Å². The van der Waals surface area contributed by atoms with Gasteiger partial charge in [0, 0.05) is 19.5 Å². The van der Waals surface area contributed by atoms with Crippen LogP contribution in [-0.2, 0) is 9.59 Å². The van der Waals surface area contributed by atoms with Gasteiger partial charge in [-0.2, -0.15) is 0 Å².